The highest BCUT2D eigenvalue weighted by atomic mass is 16.2. The molecule has 2 heterocycles. The van der Waals surface area contributed by atoms with E-state index >= 15 is 0 Å². The molecule has 20 heavy (non-hydrogen) atoms. The molecule has 0 aliphatic heterocycles. The fraction of sp³-hybridized carbons (Fsp3) is 0.214. The van der Waals surface area contributed by atoms with E-state index in [4.69, 9.17) is 5.11 Å². The number of hydrogen-bond donors (Lipinski definition) is 2. The molecule has 2 N–H and O–H groups in total. The van der Waals surface area contributed by atoms with Gasteiger partial charge in [-0.3, -0.25) is 14.5 Å². The molecular weight excluding hydrogens is 256 g/mol. The maximum Gasteiger partial charge on any atom is 0.257 e. The summed E-state index contributed by atoms with van der Waals surface area (Å²) >= 11 is 0. The Morgan fingerprint density at radius 2 is 2.35 bits per heavy atom. The summed E-state index contributed by atoms with van der Waals surface area (Å²) in [4.78, 5) is 16.1. The van der Waals surface area contributed by atoms with E-state index in [2.05, 4.69) is 27.2 Å². The fourth-order valence-electron chi connectivity index (χ4n) is 1.63. The number of nitrogens with one attached hydrogen (secondary N) is 1. The number of nitrogens with zero attached hydrogens (tertiary/aromatic N) is 3. The number of aliphatic hydroxyl groups is 1. The summed E-state index contributed by atoms with van der Waals surface area (Å²) in [5, 5.41) is 15.5. The summed E-state index contributed by atoms with van der Waals surface area (Å²) in [5.41, 5.74) is 1.50. The molecule has 0 saturated heterocycles. The van der Waals surface area contributed by atoms with Crippen LogP contribution in [0.25, 0.3) is 0 Å². The van der Waals surface area contributed by atoms with Crippen molar-refractivity contribution in [1.82, 2.24) is 14.8 Å². The topological polar surface area (TPSA) is 80.0 Å². The second-order valence-corrected chi connectivity index (χ2v) is 3.92. The number of anilines is 1. The van der Waals surface area contributed by atoms with Gasteiger partial charge in [-0.05, 0) is 13.0 Å². The lowest BCUT2D eigenvalue weighted by atomic mass is 10.1. The number of aryl methyl sites for hydroxylation is 1. The van der Waals surface area contributed by atoms with E-state index < -0.39 is 0 Å². The highest BCUT2D eigenvalue weighted by Gasteiger charge is 2.11. The van der Waals surface area contributed by atoms with Gasteiger partial charge in [-0.25, -0.2) is 0 Å². The van der Waals surface area contributed by atoms with Crippen LogP contribution in [0.4, 0.5) is 5.69 Å². The van der Waals surface area contributed by atoms with Crippen molar-refractivity contribution >= 4 is 11.6 Å². The molecule has 6 heteroatoms. The van der Waals surface area contributed by atoms with Crippen molar-refractivity contribution in [3.63, 3.8) is 0 Å². The third-order valence-corrected chi connectivity index (χ3v) is 2.58. The molecule has 0 fully saturated rings. The summed E-state index contributed by atoms with van der Waals surface area (Å²) in [7, 11) is 0. The van der Waals surface area contributed by atoms with Crippen LogP contribution in [0, 0.1) is 11.8 Å². The van der Waals surface area contributed by atoms with Crippen LogP contribution in [0.2, 0.25) is 0 Å². The first-order valence-corrected chi connectivity index (χ1v) is 6.12. The van der Waals surface area contributed by atoms with Crippen LogP contribution in [0.1, 0.15) is 22.8 Å². The molecule has 0 atom stereocenters. The van der Waals surface area contributed by atoms with Crippen molar-refractivity contribution in [3.8, 4) is 11.8 Å². The third-order valence-electron chi connectivity index (χ3n) is 2.58. The first kappa shape index (κ1) is 13.8. The molecule has 1 amide bonds. The second kappa shape index (κ2) is 6.50. The number of aliphatic hydroxyl groups excluding tert-OH is 1. The molecule has 0 radical (unpaired) electrons. The Kier molecular flexibility index (Phi) is 4.47. The molecule has 6 nitrogen and oxygen atoms in total. The van der Waals surface area contributed by atoms with Gasteiger partial charge in [0.05, 0.1) is 23.0 Å². The summed E-state index contributed by atoms with van der Waals surface area (Å²) in [6.07, 6.45) is 6.35. The Hall–Kier alpha value is -2.65. The van der Waals surface area contributed by atoms with Crippen LogP contribution in [-0.4, -0.2) is 32.4 Å². The van der Waals surface area contributed by atoms with Crippen molar-refractivity contribution in [2.75, 3.05) is 11.9 Å². The molecular formula is C14H14N4O2. The molecule has 0 spiro atoms. The molecule has 0 saturated carbocycles. The predicted molar refractivity (Wildman–Crippen MR) is 74.1 cm³/mol. The quantitative estimate of drug-likeness (QED) is 0.812. The Morgan fingerprint density at radius 3 is 3.05 bits per heavy atom. The molecule has 0 aromatic carbocycles. The number of rotatable bonds is 3. The van der Waals surface area contributed by atoms with Gasteiger partial charge >= 0.3 is 0 Å². The van der Waals surface area contributed by atoms with E-state index in [0.717, 1.165) is 6.54 Å². The Bertz CT molecular complexity index is 667. The van der Waals surface area contributed by atoms with Gasteiger partial charge in [0, 0.05) is 25.1 Å². The van der Waals surface area contributed by atoms with E-state index in [1.165, 1.54) is 12.4 Å². The smallest absolute Gasteiger partial charge is 0.257 e. The summed E-state index contributed by atoms with van der Waals surface area (Å²) in [6.45, 7) is 2.43. The van der Waals surface area contributed by atoms with Crippen molar-refractivity contribution in [3.05, 3.63) is 42.0 Å². The van der Waals surface area contributed by atoms with Crippen LogP contribution in [0.5, 0.6) is 0 Å². The first-order chi connectivity index (χ1) is 9.74. The summed E-state index contributed by atoms with van der Waals surface area (Å²) < 4.78 is 1.72. The number of amides is 1. The highest BCUT2D eigenvalue weighted by Crippen LogP contribution is 2.11. The standard InChI is InChI=1S/C14H14N4O2/c1-2-18-10-12(9-16-18)17-14(20)13-5-6-15-8-11(13)4-3-7-19/h5-6,8-10,19H,2,7H2,1H3,(H,17,20). The molecule has 102 valence electrons. The molecule has 0 aliphatic rings. The molecule has 0 unspecified atom stereocenters. The van der Waals surface area contributed by atoms with Gasteiger partial charge in [0.25, 0.3) is 5.91 Å². The molecule has 2 rings (SSSR count). The predicted octanol–water partition coefficient (Wildman–Crippen LogP) is 0.894. The normalized spacial score (nSPS) is 9.70. The summed E-state index contributed by atoms with van der Waals surface area (Å²) in [5.74, 6) is 4.92. The Labute approximate surface area is 116 Å². The average Bonchev–Trinajstić information content (AvgIpc) is 2.93. The van der Waals surface area contributed by atoms with E-state index in [1.807, 2.05) is 6.92 Å². The Balaban J connectivity index is 2.20. The monoisotopic (exact) mass is 270 g/mol. The maximum absolute atomic E-state index is 12.2. The van der Waals surface area contributed by atoms with Gasteiger partial charge in [0.1, 0.15) is 6.61 Å². The van der Waals surface area contributed by atoms with Crippen LogP contribution in [-0.2, 0) is 6.54 Å². The zero-order valence-corrected chi connectivity index (χ0v) is 11.0. The highest BCUT2D eigenvalue weighted by molar-refractivity contribution is 6.05. The second-order valence-electron chi connectivity index (χ2n) is 3.92. The van der Waals surface area contributed by atoms with E-state index in [9.17, 15) is 4.79 Å². The first-order valence-electron chi connectivity index (χ1n) is 6.12. The minimum absolute atomic E-state index is 0.265. The number of pyridine rings is 1. The fourth-order valence-corrected chi connectivity index (χ4v) is 1.63. The van der Waals surface area contributed by atoms with Gasteiger partial charge in [0.15, 0.2) is 0 Å². The SMILES string of the molecule is CCn1cc(NC(=O)c2ccncc2C#CCO)cn1. The number of hydrogen-bond acceptors (Lipinski definition) is 4. The van der Waals surface area contributed by atoms with Gasteiger partial charge < -0.3 is 10.4 Å². The van der Waals surface area contributed by atoms with Gasteiger partial charge in [-0.15, -0.1) is 0 Å². The lowest BCUT2D eigenvalue weighted by Gasteiger charge is -2.04. The maximum atomic E-state index is 12.2. The zero-order valence-electron chi connectivity index (χ0n) is 11.0. The average molecular weight is 270 g/mol. The van der Waals surface area contributed by atoms with Crippen LogP contribution in [0.3, 0.4) is 0 Å². The lowest BCUT2D eigenvalue weighted by molar-refractivity contribution is 0.102. The van der Waals surface area contributed by atoms with Gasteiger partial charge in [-0.2, -0.15) is 5.10 Å². The van der Waals surface area contributed by atoms with E-state index in [-0.39, 0.29) is 12.5 Å². The van der Waals surface area contributed by atoms with Gasteiger partial charge in [-0.1, -0.05) is 11.8 Å². The minimum Gasteiger partial charge on any atom is -0.384 e. The lowest BCUT2D eigenvalue weighted by Crippen LogP contribution is -2.13. The molecule has 0 aliphatic carbocycles. The van der Waals surface area contributed by atoms with Crippen molar-refractivity contribution in [1.29, 1.82) is 0 Å². The molecule has 2 aromatic heterocycles. The minimum atomic E-state index is -0.287. The molecule has 2 aromatic rings. The van der Waals surface area contributed by atoms with Crippen LogP contribution in [0.15, 0.2) is 30.9 Å². The van der Waals surface area contributed by atoms with Crippen molar-refractivity contribution in [2.45, 2.75) is 13.5 Å². The van der Waals surface area contributed by atoms with Crippen LogP contribution < -0.4 is 5.32 Å². The molecule has 0 bridgehead atoms. The van der Waals surface area contributed by atoms with E-state index in [0.29, 0.717) is 16.8 Å². The number of aromatic nitrogens is 3. The van der Waals surface area contributed by atoms with Crippen molar-refractivity contribution < 1.29 is 9.90 Å². The summed E-state index contributed by atoms with van der Waals surface area (Å²) in [6, 6.07) is 1.58. The van der Waals surface area contributed by atoms with Gasteiger partial charge in [0.2, 0.25) is 0 Å². The van der Waals surface area contributed by atoms with Crippen LogP contribution >= 0.6 is 0 Å². The number of carbonyl (C=O) groups is 1. The number of carbonyl (C=O) groups excluding carboxylic acids is 1. The van der Waals surface area contributed by atoms with Crippen molar-refractivity contribution in [2.24, 2.45) is 0 Å². The largest absolute Gasteiger partial charge is 0.384 e. The third kappa shape index (κ3) is 3.22. The Morgan fingerprint density at radius 1 is 1.50 bits per heavy atom. The zero-order chi connectivity index (χ0) is 14.4. The van der Waals surface area contributed by atoms with E-state index in [1.54, 1.807) is 23.1 Å².